The Morgan fingerprint density at radius 2 is 1.55 bits per heavy atom. The van der Waals surface area contributed by atoms with Crippen molar-refractivity contribution in [3.8, 4) is 0 Å². The van der Waals surface area contributed by atoms with Gasteiger partial charge >= 0.3 is 18.4 Å². The summed E-state index contributed by atoms with van der Waals surface area (Å²) in [5.41, 5.74) is -2.60. The molecule has 0 aliphatic carbocycles. The first-order chi connectivity index (χ1) is 17.7. The van der Waals surface area contributed by atoms with Crippen molar-refractivity contribution in [1.29, 1.82) is 0 Å². The quantitative estimate of drug-likeness (QED) is 0.581. The number of ether oxygens (including phenoxy) is 1. The van der Waals surface area contributed by atoms with Crippen molar-refractivity contribution in [2.75, 3.05) is 19.6 Å². The van der Waals surface area contributed by atoms with Crippen molar-refractivity contribution >= 4 is 12.0 Å². The Morgan fingerprint density at radius 1 is 0.947 bits per heavy atom. The fraction of sp³-hybridized carbons (Fsp3) is 0.542. The number of piperazine rings is 1. The minimum atomic E-state index is -5.00. The van der Waals surface area contributed by atoms with Crippen LogP contribution in [0.3, 0.4) is 0 Å². The van der Waals surface area contributed by atoms with Gasteiger partial charge in [-0.15, -0.1) is 0 Å². The molecule has 3 heterocycles. The van der Waals surface area contributed by atoms with Crippen molar-refractivity contribution in [2.45, 2.75) is 64.4 Å². The highest BCUT2D eigenvalue weighted by atomic mass is 19.4. The van der Waals surface area contributed by atoms with Gasteiger partial charge in [0.15, 0.2) is 5.69 Å². The Hall–Kier alpha value is -3.29. The van der Waals surface area contributed by atoms with Crippen LogP contribution < -0.4 is 5.32 Å². The van der Waals surface area contributed by atoms with Crippen LogP contribution >= 0.6 is 0 Å². The lowest BCUT2D eigenvalue weighted by molar-refractivity contribution is -0.143. The molecule has 2 aromatic rings. The molecule has 208 valence electrons. The Labute approximate surface area is 214 Å². The molecule has 2 aliphatic rings. The first-order valence-corrected chi connectivity index (χ1v) is 12.0. The molecule has 0 saturated carbocycles. The zero-order chi connectivity index (χ0) is 27.8. The zero-order valence-corrected chi connectivity index (χ0v) is 20.7. The normalized spacial score (nSPS) is 20.6. The summed E-state index contributed by atoms with van der Waals surface area (Å²) in [5, 5.41) is 7.75. The highest BCUT2D eigenvalue weighted by molar-refractivity contribution is 5.92. The SMILES string of the molecule is CC1CN(C(=O)c2cc3n(n2)CCCN(C(=O)OCc2cc(C(F)(F)F)cc(C(F)(F)F)c2)C3)CC(C)N1. The number of carbonyl (C=O) groups excluding carboxylic acids is 2. The number of rotatable bonds is 3. The molecule has 38 heavy (non-hydrogen) atoms. The summed E-state index contributed by atoms with van der Waals surface area (Å²) in [7, 11) is 0. The molecule has 1 saturated heterocycles. The Balaban J connectivity index is 1.44. The first-order valence-electron chi connectivity index (χ1n) is 12.0. The number of alkyl halides is 6. The number of carbonyl (C=O) groups is 2. The van der Waals surface area contributed by atoms with E-state index in [9.17, 15) is 35.9 Å². The van der Waals surface area contributed by atoms with Crippen LogP contribution in [0.25, 0.3) is 0 Å². The third kappa shape index (κ3) is 6.40. The summed E-state index contributed by atoms with van der Waals surface area (Å²) >= 11 is 0. The zero-order valence-electron chi connectivity index (χ0n) is 20.7. The van der Waals surface area contributed by atoms with E-state index in [1.165, 1.54) is 4.90 Å². The van der Waals surface area contributed by atoms with Crippen LogP contribution in [0.2, 0.25) is 0 Å². The summed E-state index contributed by atoms with van der Waals surface area (Å²) in [5.74, 6) is -0.232. The number of nitrogens with one attached hydrogen (secondary N) is 1. The highest BCUT2D eigenvalue weighted by Crippen LogP contribution is 2.36. The van der Waals surface area contributed by atoms with Gasteiger partial charge in [0.1, 0.15) is 6.61 Å². The van der Waals surface area contributed by atoms with E-state index < -0.39 is 41.7 Å². The topological polar surface area (TPSA) is 79.7 Å². The molecule has 2 atom stereocenters. The van der Waals surface area contributed by atoms with Gasteiger partial charge in [0, 0.05) is 38.3 Å². The third-order valence-corrected chi connectivity index (χ3v) is 6.35. The van der Waals surface area contributed by atoms with Crippen LogP contribution in [0, 0.1) is 0 Å². The van der Waals surface area contributed by atoms with E-state index in [1.807, 2.05) is 13.8 Å². The lowest BCUT2D eigenvalue weighted by atomic mass is 10.1. The molecule has 2 aliphatic heterocycles. The van der Waals surface area contributed by atoms with Gasteiger partial charge in [-0.3, -0.25) is 9.48 Å². The number of hydrogen-bond donors (Lipinski definition) is 1. The van der Waals surface area contributed by atoms with E-state index >= 15 is 0 Å². The predicted octanol–water partition coefficient (Wildman–Crippen LogP) is 4.29. The molecule has 4 rings (SSSR count). The summed E-state index contributed by atoms with van der Waals surface area (Å²) in [4.78, 5) is 28.7. The molecule has 0 spiro atoms. The molecule has 1 aromatic carbocycles. The van der Waals surface area contributed by atoms with E-state index in [-0.39, 0.29) is 42.8 Å². The Bertz CT molecular complexity index is 1150. The maximum atomic E-state index is 13.1. The predicted molar refractivity (Wildman–Crippen MR) is 122 cm³/mol. The Morgan fingerprint density at radius 3 is 2.13 bits per heavy atom. The number of fused-ring (bicyclic) bond motifs is 1. The largest absolute Gasteiger partial charge is 0.445 e. The van der Waals surface area contributed by atoms with Gasteiger partial charge in [0.25, 0.3) is 5.91 Å². The number of aromatic nitrogens is 2. The fourth-order valence-corrected chi connectivity index (χ4v) is 4.72. The second-order valence-corrected chi connectivity index (χ2v) is 9.67. The van der Waals surface area contributed by atoms with Crippen LogP contribution in [0.4, 0.5) is 31.1 Å². The molecular weight excluding hydrogens is 520 g/mol. The van der Waals surface area contributed by atoms with Gasteiger partial charge < -0.3 is 19.9 Å². The molecule has 1 fully saturated rings. The first kappa shape index (κ1) is 27.7. The minimum Gasteiger partial charge on any atom is -0.445 e. The van der Waals surface area contributed by atoms with Gasteiger partial charge in [-0.05, 0) is 50.1 Å². The van der Waals surface area contributed by atoms with Gasteiger partial charge in [-0.1, -0.05) is 0 Å². The lowest BCUT2D eigenvalue weighted by Gasteiger charge is -2.35. The van der Waals surface area contributed by atoms with E-state index in [1.54, 1.807) is 15.6 Å². The van der Waals surface area contributed by atoms with Crippen LogP contribution in [0.15, 0.2) is 24.3 Å². The van der Waals surface area contributed by atoms with Crippen molar-refractivity contribution in [1.82, 2.24) is 24.9 Å². The molecule has 1 aromatic heterocycles. The van der Waals surface area contributed by atoms with Crippen LogP contribution in [-0.4, -0.2) is 63.3 Å². The molecule has 0 radical (unpaired) electrons. The van der Waals surface area contributed by atoms with Gasteiger partial charge in [0.05, 0.1) is 23.4 Å². The Kier molecular flexibility index (Phi) is 7.64. The van der Waals surface area contributed by atoms with Crippen LogP contribution in [0.5, 0.6) is 0 Å². The minimum absolute atomic E-state index is 0.0157. The van der Waals surface area contributed by atoms with Gasteiger partial charge in [-0.2, -0.15) is 31.4 Å². The van der Waals surface area contributed by atoms with Crippen molar-refractivity contribution in [2.24, 2.45) is 0 Å². The second kappa shape index (κ2) is 10.5. The number of benzene rings is 1. The van der Waals surface area contributed by atoms with Crippen molar-refractivity contribution in [3.05, 3.63) is 52.3 Å². The summed E-state index contributed by atoms with van der Waals surface area (Å²) in [6.07, 6.45) is -10.4. The molecule has 1 N–H and O–H groups in total. The average molecular weight is 548 g/mol. The standard InChI is InChI=1S/C24H27F6N5O3/c1-14-10-34(11-15(2)31-14)21(36)20-9-19-12-33(4-3-5-35(19)32-20)22(37)38-13-16-6-17(23(25,26)27)8-18(7-16)24(28,29)30/h6-9,14-15,31H,3-5,10-13H2,1-2H3. The molecule has 0 bridgehead atoms. The summed E-state index contributed by atoms with van der Waals surface area (Å²) in [6, 6.07) is 2.90. The van der Waals surface area contributed by atoms with Crippen LogP contribution in [-0.2, 0) is 36.8 Å². The second-order valence-electron chi connectivity index (χ2n) is 9.67. The molecule has 2 amide bonds. The van der Waals surface area contributed by atoms with Crippen LogP contribution in [0.1, 0.15) is 53.1 Å². The average Bonchev–Trinajstić information content (AvgIpc) is 3.11. The number of aryl methyl sites for hydroxylation is 1. The third-order valence-electron chi connectivity index (χ3n) is 6.35. The molecular formula is C24H27F6N5O3. The maximum absolute atomic E-state index is 13.1. The van der Waals surface area contributed by atoms with E-state index in [2.05, 4.69) is 10.4 Å². The fourth-order valence-electron chi connectivity index (χ4n) is 4.72. The molecule has 8 nitrogen and oxygen atoms in total. The van der Waals surface area contributed by atoms with E-state index in [0.717, 1.165) is 0 Å². The highest BCUT2D eigenvalue weighted by Gasteiger charge is 2.37. The summed E-state index contributed by atoms with van der Waals surface area (Å²) in [6.45, 7) is 4.90. The number of nitrogens with zero attached hydrogens (tertiary/aromatic N) is 4. The van der Waals surface area contributed by atoms with Crippen molar-refractivity contribution in [3.63, 3.8) is 0 Å². The molecule has 14 heteroatoms. The maximum Gasteiger partial charge on any atom is 0.416 e. The van der Waals surface area contributed by atoms with E-state index in [4.69, 9.17) is 4.74 Å². The van der Waals surface area contributed by atoms with E-state index in [0.29, 0.717) is 43.9 Å². The number of halogens is 6. The lowest BCUT2D eigenvalue weighted by Crippen LogP contribution is -2.55. The number of amides is 2. The summed E-state index contributed by atoms with van der Waals surface area (Å²) < 4.78 is 85.3. The van der Waals surface area contributed by atoms with Gasteiger partial charge in [-0.25, -0.2) is 4.79 Å². The molecule has 2 unspecified atom stereocenters. The van der Waals surface area contributed by atoms with Gasteiger partial charge in [0.2, 0.25) is 0 Å². The van der Waals surface area contributed by atoms with Crippen molar-refractivity contribution < 1.29 is 40.7 Å². The monoisotopic (exact) mass is 547 g/mol. The smallest absolute Gasteiger partial charge is 0.416 e. The number of hydrogen-bond acceptors (Lipinski definition) is 5.